The fourth-order valence-corrected chi connectivity index (χ4v) is 2.48. The van der Waals surface area contributed by atoms with Crippen molar-refractivity contribution in [2.45, 2.75) is 31.5 Å². The van der Waals surface area contributed by atoms with E-state index in [4.69, 9.17) is 19.0 Å². The molecule has 0 aliphatic carbocycles. The maximum Gasteiger partial charge on any atom is 0.336 e. The lowest BCUT2D eigenvalue weighted by atomic mass is 10.1. The third-order valence-electron chi connectivity index (χ3n) is 3.67. The molecular formula is C15H16O7. The molecule has 22 heavy (non-hydrogen) atoms. The van der Waals surface area contributed by atoms with Crippen LogP contribution in [0, 0.1) is 6.92 Å². The van der Waals surface area contributed by atoms with Gasteiger partial charge in [0.2, 0.25) is 6.29 Å². The van der Waals surface area contributed by atoms with Crippen LogP contribution in [0.25, 0.3) is 11.0 Å². The SMILES string of the molecule is Cc1cc(=O)oc2cc(O[C@H]3O[C@H](CO)[C@H](O)[C@@H]3O)ccc12. The number of aliphatic hydroxyl groups excluding tert-OH is 3. The van der Waals surface area contributed by atoms with Gasteiger partial charge in [-0.1, -0.05) is 0 Å². The van der Waals surface area contributed by atoms with E-state index in [0.29, 0.717) is 11.3 Å². The predicted octanol–water partition coefficient (Wildman–Crippen LogP) is -0.0808. The molecule has 118 valence electrons. The Kier molecular flexibility index (Phi) is 3.88. The Hall–Kier alpha value is -1.93. The van der Waals surface area contributed by atoms with Gasteiger partial charge < -0.3 is 29.2 Å². The van der Waals surface area contributed by atoms with Gasteiger partial charge in [-0.2, -0.15) is 0 Å². The van der Waals surface area contributed by atoms with Gasteiger partial charge in [0, 0.05) is 17.5 Å². The van der Waals surface area contributed by atoms with Crippen molar-refractivity contribution in [3.63, 3.8) is 0 Å². The van der Waals surface area contributed by atoms with Crippen LogP contribution in [0.15, 0.2) is 33.5 Å². The number of rotatable bonds is 3. The predicted molar refractivity (Wildman–Crippen MR) is 75.6 cm³/mol. The second-order valence-electron chi connectivity index (χ2n) is 5.23. The van der Waals surface area contributed by atoms with Crippen LogP contribution in [0.5, 0.6) is 5.75 Å². The first-order valence-electron chi connectivity index (χ1n) is 6.83. The molecule has 1 aromatic carbocycles. The molecule has 1 saturated heterocycles. The van der Waals surface area contributed by atoms with Gasteiger partial charge in [0.15, 0.2) is 0 Å². The zero-order valence-electron chi connectivity index (χ0n) is 11.8. The van der Waals surface area contributed by atoms with Crippen molar-refractivity contribution in [3.05, 3.63) is 40.2 Å². The maximum absolute atomic E-state index is 11.4. The van der Waals surface area contributed by atoms with Crippen molar-refractivity contribution in [3.8, 4) is 5.75 Å². The largest absolute Gasteiger partial charge is 0.462 e. The summed E-state index contributed by atoms with van der Waals surface area (Å²) in [7, 11) is 0. The average molecular weight is 308 g/mol. The molecule has 0 unspecified atom stereocenters. The molecule has 3 rings (SSSR count). The minimum absolute atomic E-state index is 0.316. The average Bonchev–Trinajstić information content (AvgIpc) is 2.74. The Balaban J connectivity index is 1.87. The molecule has 1 fully saturated rings. The number of fused-ring (bicyclic) bond motifs is 1. The monoisotopic (exact) mass is 308 g/mol. The highest BCUT2D eigenvalue weighted by atomic mass is 16.7. The van der Waals surface area contributed by atoms with E-state index in [9.17, 15) is 15.0 Å². The zero-order valence-corrected chi connectivity index (χ0v) is 11.8. The molecule has 7 heteroatoms. The van der Waals surface area contributed by atoms with Crippen LogP contribution >= 0.6 is 0 Å². The highest BCUT2D eigenvalue weighted by Gasteiger charge is 2.43. The Morgan fingerprint density at radius 3 is 2.68 bits per heavy atom. The van der Waals surface area contributed by atoms with Gasteiger partial charge in [0.1, 0.15) is 29.6 Å². The molecule has 0 bridgehead atoms. The summed E-state index contributed by atoms with van der Waals surface area (Å²) in [6.45, 7) is 1.37. The van der Waals surface area contributed by atoms with Crippen molar-refractivity contribution in [1.29, 1.82) is 0 Å². The smallest absolute Gasteiger partial charge is 0.336 e. The molecule has 3 N–H and O–H groups in total. The molecule has 4 atom stereocenters. The van der Waals surface area contributed by atoms with Crippen molar-refractivity contribution >= 4 is 11.0 Å². The van der Waals surface area contributed by atoms with Gasteiger partial charge in [-0.25, -0.2) is 4.79 Å². The topological polar surface area (TPSA) is 109 Å². The minimum Gasteiger partial charge on any atom is -0.462 e. The van der Waals surface area contributed by atoms with Gasteiger partial charge in [-0.05, 0) is 24.6 Å². The summed E-state index contributed by atoms with van der Waals surface area (Å²) in [4.78, 5) is 11.4. The molecule has 1 aromatic heterocycles. The number of hydrogen-bond acceptors (Lipinski definition) is 7. The van der Waals surface area contributed by atoms with Crippen LogP contribution in [0.2, 0.25) is 0 Å². The fourth-order valence-electron chi connectivity index (χ4n) is 2.48. The highest BCUT2D eigenvalue weighted by Crippen LogP contribution is 2.27. The summed E-state index contributed by atoms with van der Waals surface area (Å²) in [5, 5.41) is 29.3. The number of aryl methyl sites for hydroxylation is 1. The van der Waals surface area contributed by atoms with Crippen LogP contribution in [0.4, 0.5) is 0 Å². The van der Waals surface area contributed by atoms with Crippen LogP contribution in [-0.2, 0) is 4.74 Å². The first kappa shape index (κ1) is 15.0. The molecule has 1 aliphatic heterocycles. The Labute approximate surface area is 125 Å². The summed E-state index contributed by atoms with van der Waals surface area (Å²) >= 11 is 0. The molecule has 0 radical (unpaired) electrons. The Morgan fingerprint density at radius 1 is 1.23 bits per heavy atom. The van der Waals surface area contributed by atoms with Gasteiger partial charge in [-0.3, -0.25) is 0 Å². The van der Waals surface area contributed by atoms with Crippen LogP contribution in [0.3, 0.4) is 0 Å². The minimum atomic E-state index is -1.28. The third-order valence-corrected chi connectivity index (χ3v) is 3.67. The van der Waals surface area contributed by atoms with Crippen LogP contribution in [-0.4, -0.2) is 46.5 Å². The van der Waals surface area contributed by atoms with E-state index in [2.05, 4.69) is 0 Å². The molecule has 0 spiro atoms. The zero-order chi connectivity index (χ0) is 15.9. The lowest BCUT2D eigenvalue weighted by Gasteiger charge is -2.17. The summed E-state index contributed by atoms with van der Waals surface area (Å²) in [5.74, 6) is 0.316. The normalized spacial score (nSPS) is 28.2. The van der Waals surface area contributed by atoms with E-state index in [0.717, 1.165) is 10.9 Å². The van der Waals surface area contributed by atoms with Crippen molar-refractivity contribution in [2.75, 3.05) is 6.61 Å². The highest BCUT2D eigenvalue weighted by molar-refractivity contribution is 5.81. The number of aliphatic hydroxyl groups is 3. The van der Waals surface area contributed by atoms with Crippen molar-refractivity contribution < 1.29 is 29.2 Å². The van der Waals surface area contributed by atoms with E-state index in [1.807, 2.05) is 0 Å². The second kappa shape index (κ2) is 5.69. The van der Waals surface area contributed by atoms with Gasteiger partial charge in [0.05, 0.1) is 6.61 Å². The Morgan fingerprint density at radius 2 is 2.00 bits per heavy atom. The number of benzene rings is 1. The summed E-state index contributed by atoms with van der Waals surface area (Å²) in [6, 6.07) is 6.28. The van der Waals surface area contributed by atoms with E-state index in [1.54, 1.807) is 19.1 Å². The maximum atomic E-state index is 11.4. The lowest BCUT2D eigenvalue weighted by Crippen LogP contribution is -2.35. The molecule has 0 saturated carbocycles. The van der Waals surface area contributed by atoms with Gasteiger partial charge >= 0.3 is 5.63 Å². The van der Waals surface area contributed by atoms with Crippen LogP contribution < -0.4 is 10.4 Å². The summed E-state index contributed by atoms with van der Waals surface area (Å²) < 4.78 is 15.8. The standard InChI is InChI=1S/C15H16O7/c1-7-4-12(17)21-10-5-8(2-3-9(7)10)20-15-14(19)13(18)11(6-16)22-15/h2-5,11,13-16,18-19H,6H2,1H3/t11-,13+,14+,15+/m1/s1. The molecule has 7 nitrogen and oxygen atoms in total. The van der Waals surface area contributed by atoms with Crippen molar-refractivity contribution in [1.82, 2.24) is 0 Å². The first-order valence-corrected chi connectivity index (χ1v) is 6.83. The summed E-state index contributed by atoms with van der Waals surface area (Å²) in [5.41, 5.74) is 0.676. The van der Waals surface area contributed by atoms with Gasteiger partial charge in [0.25, 0.3) is 0 Å². The molecule has 2 aromatic rings. The van der Waals surface area contributed by atoms with Crippen molar-refractivity contribution in [2.24, 2.45) is 0 Å². The second-order valence-corrected chi connectivity index (χ2v) is 5.23. The molecular weight excluding hydrogens is 292 g/mol. The fraction of sp³-hybridized carbons (Fsp3) is 0.400. The molecule has 0 amide bonds. The Bertz CT molecular complexity index is 738. The van der Waals surface area contributed by atoms with Gasteiger partial charge in [-0.15, -0.1) is 0 Å². The summed E-state index contributed by atoms with van der Waals surface area (Å²) in [6.07, 6.45) is -4.52. The third kappa shape index (κ3) is 2.59. The molecule has 1 aliphatic rings. The van der Waals surface area contributed by atoms with E-state index >= 15 is 0 Å². The quantitative estimate of drug-likeness (QED) is 0.680. The molecule has 2 heterocycles. The van der Waals surface area contributed by atoms with E-state index in [1.165, 1.54) is 12.1 Å². The van der Waals surface area contributed by atoms with E-state index < -0.39 is 36.8 Å². The lowest BCUT2D eigenvalue weighted by molar-refractivity contribution is -0.116. The number of hydrogen-bond donors (Lipinski definition) is 3. The van der Waals surface area contributed by atoms with E-state index in [-0.39, 0.29) is 0 Å². The number of ether oxygens (including phenoxy) is 2. The first-order chi connectivity index (χ1) is 10.5. The van der Waals surface area contributed by atoms with Crippen LogP contribution in [0.1, 0.15) is 5.56 Å².